The van der Waals surface area contributed by atoms with Crippen LogP contribution in [0.25, 0.3) is 22.3 Å². The maximum atomic E-state index is 13.4. The lowest BCUT2D eigenvalue weighted by molar-refractivity contribution is -0.0612. The molecule has 3 aliphatic rings. The SMILES string of the molecule is Cc1cn([C@H]2C[C@H](O)[C@@H](COP(=O)(O)O[C@H]3[C@@H](O)[C@H](n4cnc5c(N)ncnc54)O[C@@H]3COP(=O)(O)O[C@H]3[C@@H](O)[C@H](n4cnc5c(N)ncnc54)O[C@@H]3CO)O2)c(=O)[nH]c1=O. The zero-order valence-electron chi connectivity index (χ0n) is 31.3. The molecule has 330 valence electrons. The number of aliphatic hydroxyl groups excluding tert-OH is 4. The monoisotopic (exact) mass is 900 g/mol. The van der Waals surface area contributed by atoms with Crippen LogP contribution in [0, 0.1) is 6.92 Å². The van der Waals surface area contributed by atoms with E-state index in [-0.39, 0.29) is 45.9 Å². The van der Waals surface area contributed by atoms with Crippen molar-refractivity contribution in [3.8, 4) is 0 Å². The summed E-state index contributed by atoms with van der Waals surface area (Å²) in [7, 11) is -10.6. The molecule has 0 radical (unpaired) electrons. The molecule has 0 aliphatic carbocycles. The molecule has 3 aliphatic heterocycles. The second kappa shape index (κ2) is 16.5. The predicted octanol–water partition coefficient (Wildman–Crippen LogP) is -3.15. The number of phosphoric acid groups is 2. The zero-order valence-corrected chi connectivity index (χ0v) is 33.1. The number of nitrogens with one attached hydrogen (secondary N) is 1. The van der Waals surface area contributed by atoms with Crippen LogP contribution in [0.1, 0.15) is 30.7 Å². The Hall–Kier alpha value is -4.68. The minimum atomic E-state index is -5.29. The molecule has 8 heterocycles. The fourth-order valence-electron chi connectivity index (χ4n) is 7.09. The Bertz CT molecular complexity index is 2640. The van der Waals surface area contributed by atoms with Gasteiger partial charge in [-0.15, -0.1) is 0 Å². The van der Waals surface area contributed by atoms with Crippen molar-refractivity contribution in [1.82, 2.24) is 48.6 Å². The second-order valence-electron chi connectivity index (χ2n) is 14.0. The van der Waals surface area contributed by atoms with Gasteiger partial charge in [-0.1, -0.05) is 0 Å². The fourth-order valence-corrected chi connectivity index (χ4v) is 9.02. The molecule has 8 rings (SSSR count). The second-order valence-corrected chi connectivity index (χ2v) is 16.9. The summed E-state index contributed by atoms with van der Waals surface area (Å²) in [6.45, 7) is -1.13. The highest BCUT2D eigenvalue weighted by atomic mass is 31.2. The van der Waals surface area contributed by atoms with Crippen LogP contribution >= 0.6 is 15.6 Å². The highest BCUT2D eigenvalue weighted by Gasteiger charge is 2.52. The van der Waals surface area contributed by atoms with Crippen molar-refractivity contribution in [2.45, 2.75) is 80.9 Å². The first-order valence-electron chi connectivity index (χ1n) is 18.1. The van der Waals surface area contributed by atoms with Crippen molar-refractivity contribution in [2.24, 2.45) is 0 Å². The third kappa shape index (κ3) is 8.34. The number of fused-ring (bicyclic) bond motifs is 2. The molecule has 3 saturated heterocycles. The van der Waals surface area contributed by atoms with Gasteiger partial charge in [-0.3, -0.25) is 41.6 Å². The molecule has 0 saturated carbocycles. The number of aliphatic hydroxyl groups is 4. The van der Waals surface area contributed by atoms with E-state index in [0.29, 0.717) is 0 Å². The number of nitrogen functional groups attached to an aromatic ring is 2. The summed E-state index contributed by atoms with van der Waals surface area (Å²) in [5.74, 6) is -0.00889. The number of anilines is 2. The molecule has 5 aromatic heterocycles. The highest BCUT2D eigenvalue weighted by Crippen LogP contribution is 2.52. The minimum Gasteiger partial charge on any atom is -0.394 e. The number of aromatic nitrogens is 10. The standard InChI is InChI=1S/C30H38N12O17P2/c1-11-3-40(30(48)39-27(11)47)16-2-12(44)14(55-16)5-53-60(49,50)59-22-15(57-29(20(22)46)42-10-38-18-24(32)34-8-36-26(18)42)6-54-61(51,52)58-21-13(4-43)56-28(19(21)45)41-9-37-17-23(31)33-7-35-25(17)41/h3,7-10,12-16,19-22,28-29,43-46H,2,4-6H2,1H3,(H,49,50)(H,51,52)(H2,31,33,35)(H2,32,34,36)(H,39,47,48)/t12-,13+,14+,15+,16+,19+,20+,21+,22+,28+,29+/m0/s1. The number of hydrogen-bond donors (Lipinski definition) is 9. The quantitative estimate of drug-likeness (QED) is 0.0497. The van der Waals surface area contributed by atoms with E-state index in [9.17, 15) is 48.9 Å². The number of phosphoric ester groups is 2. The van der Waals surface area contributed by atoms with Gasteiger partial charge in [0.15, 0.2) is 35.4 Å². The van der Waals surface area contributed by atoms with E-state index >= 15 is 0 Å². The lowest BCUT2D eigenvalue weighted by atomic mass is 10.1. The van der Waals surface area contributed by atoms with Crippen LogP contribution in [0.3, 0.4) is 0 Å². The number of nitrogens with zero attached hydrogens (tertiary/aromatic N) is 9. The molecule has 61 heavy (non-hydrogen) atoms. The molecule has 5 aromatic rings. The predicted molar refractivity (Wildman–Crippen MR) is 198 cm³/mol. The third-order valence-electron chi connectivity index (χ3n) is 10.1. The number of nitrogens with two attached hydrogens (primary N) is 2. The van der Waals surface area contributed by atoms with E-state index < -0.39 is 114 Å². The normalized spacial score (nSPS) is 31.2. The summed E-state index contributed by atoms with van der Waals surface area (Å²) in [4.78, 5) is 72.2. The molecule has 3 fully saturated rings. The average Bonchev–Trinajstić information content (AvgIpc) is 4.04. The number of aryl methyl sites for hydroxylation is 1. The molecule has 0 aromatic carbocycles. The Morgan fingerprint density at radius 3 is 1.82 bits per heavy atom. The van der Waals surface area contributed by atoms with Gasteiger partial charge in [-0.05, 0) is 6.92 Å². The van der Waals surface area contributed by atoms with E-state index in [2.05, 4.69) is 34.9 Å². The first kappa shape index (κ1) is 43.0. The third-order valence-corrected chi connectivity index (χ3v) is 12.1. The van der Waals surface area contributed by atoms with Crippen LogP contribution in [0.5, 0.6) is 0 Å². The summed E-state index contributed by atoms with van der Waals surface area (Å²) >= 11 is 0. The smallest absolute Gasteiger partial charge is 0.394 e. The van der Waals surface area contributed by atoms with E-state index in [4.69, 9.17) is 43.8 Å². The molecule has 11 N–H and O–H groups in total. The number of hydrogen-bond acceptors (Lipinski definition) is 23. The summed E-state index contributed by atoms with van der Waals surface area (Å²) in [5, 5.41) is 43.4. The molecular formula is C30H38N12O17P2. The Kier molecular flexibility index (Phi) is 11.7. The van der Waals surface area contributed by atoms with Crippen LogP contribution < -0.4 is 22.7 Å². The number of aromatic amines is 1. The highest BCUT2D eigenvalue weighted by molar-refractivity contribution is 7.47. The Balaban J connectivity index is 0.978. The summed E-state index contributed by atoms with van der Waals surface area (Å²) in [6, 6.07) is 0. The lowest BCUT2D eigenvalue weighted by Gasteiger charge is -2.25. The van der Waals surface area contributed by atoms with Gasteiger partial charge in [0, 0.05) is 18.2 Å². The van der Waals surface area contributed by atoms with Crippen molar-refractivity contribution >= 4 is 49.6 Å². The zero-order chi connectivity index (χ0) is 43.5. The van der Waals surface area contributed by atoms with Gasteiger partial charge >= 0.3 is 21.3 Å². The first-order chi connectivity index (χ1) is 28.9. The first-order valence-corrected chi connectivity index (χ1v) is 21.0. The van der Waals surface area contributed by atoms with Crippen molar-refractivity contribution in [3.05, 3.63) is 57.9 Å². The van der Waals surface area contributed by atoms with E-state index in [1.807, 2.05) is 0 Å². The molecule has 0 spiro atoms. The summed E-state index contributed by atoms with van der Waals surface area (Å²) in [5.41, 5.74) is 10.9. The Morgan fingerprint density at radius 2 is 1.28 bits per heavy atom. The average molecular weight is 901 g/mol. The molecule has 29 nitrogen and oxygen atoms in total. The van der Waals surface area contributed by atoms with Crippen LogP contribution in [0.4, 0.5) is 11.6 Å². The van der Waals surface area contributed by atoms with Crippen LogP contribution in [-0.2, 0) is 41.4 Å². The fraction of sp³-hybridized carbons (Fsp3) is 0.533. The number of H-pyrrole nitrogens is 1. The number of imidazole rings is 2. The Labute approximate surface area is 339 Å². The van der Waals surface area contributed by atoms with E-state index in [1.54, 1.807) is 0 Å². The van der Waals surface area contributed by atoms with Gasteiger partial charge in [0.25, 0.3) is 5.56 Å². The molecule has 0 bridgehead atoms. The van der Waals surface area contributed by atoms with E-state index in [1.165, 1.54) is 34.9 Å². The van der Waals surface area contributed by atoms with Crippen molar-refractivity contribution in [2.75, 3.05) is 31.3 Å². The number of ether oxygens (including phenoxy) is 3. The summed E-state index contributed by atoms with van der Waals surface area (Å²) in [6.07, 6.45) is -11.2. The molecule has 13 atom stereocenters. The minimum absolute atomic E-state index is 0.0237. The summed E-state index contributed by atoms with van der Waals surface area (Å²) < 4.78 is 68.7. The molecule has 0 amide bonds. The maximum absolute atomic E-state index is 13.4. The van der Waals surface area contributed by atoms with Crippen LogP contribution in [0.15, 0.2) is 41.1 Å². The van der Waals surface area contributed by atoms with Crippen LogP contribution in [0.2, 0.25) is 0 Å². The van der Waals surface area contributed by atoms with Crippen molar-refractivity contribution < 1.29 is 71.6 Å². The number of rotatable bonds is 14. The topological polar surface area (TPSA) is 414 Å². The molecular weight excluding hydrogens is 862 g/mol. The van der Waals surface area contributed by atoms with Gasteiger partial charge in [0.05, 0.1) is 38.6 Å². The van der Waals surface area contributed by atoms with Crippen molar-refractivity contribution in [3.63, 3.8) is 0 Å². The van der Waals surface area contributed by atoms with Crippen LogP contribution in [-0.4, -0.2) is 147 Å². The van der Waals surface area contributed by atoms with E-state index in [0.717, 1.165) is 17.2 Å². The largest absolute Gasteiger partial charge is 0.472 e. The van der Waals surface area contributed by atoms with Crippen molar-refractivity contribution in [1.29, 1.82) is 0 Å². The van der Waals surface area contributed by atoms with Gasteiger partial charge in [0.2, 0.25) is 0 Å². The van der Waals surface area contributed by atoms with Gasteiger partial charge < -0.3 is 55.9 Å². The maximum Gasteiger partial charge on any atom is 0.472 e. The molecule has 31 heteroatoms. The molecule has 2 unspecified atom stereocenters. The van der Waals surface area contributed by atoms with Gasteiger partial charge in [-0.25, -0.2) is 43.8 Å². The lowest BCUT2D eigenvalue weighted by Crippen LogP contribution is -2.37. The van der Waals surface area contributed by atoms with Gasteiger partial charge in [0.1, 0.15) is 72.6 Å². The van der Waals surface area contributed by atoms with Gasteiger partial charge in [-0.2, -0.15) is 0 Å². The Morgan fingerprint density at radius 1 is 0.770 bits per heavy atom.